The summed E-state index contributed by atoms with van der Waals surface area (Å²) in [6, 6.07) is 12.8. The zero-order chi connectivity index (χ0) is 13.9. The highest BCUT2D eigenvalue weighted by molar-refractivity contribution is 6.10. The molecule has 0 atom stereocenters. The van der Waals surface area contributed by atoms with Crippen LogP contribution in [0.15, 0.2) is 54.9 Å². The van der Waals surface area contributed by atoms with E-state index in [1.165, 1.54) is 0 Å². The summed E-state index contributed by atoms with van der Waals surface area (Å²) in [6.45, 7) is 0.320. The minimum atomic E-state index is -0.0466. The maximum Gasteiger partial charge on any atom is 0.193 e. The summed E-state index contributed by atoms with van der Waals surface area (Å²) < 4.78 is 0. The summed E-state index contributed by atoms with van der Waals surface area (Å²) in [6.07, 6.45) is 3.32. The van der Waals surface area contributed by atoms with Gasteiger partial charge >= 0.3 is 0 Å². The van der Waals surface area contributed by atoms with Gasteiger partial charge < -0.3 is 5.73 Å². The maximum absolute atomic E-state index is 12.5. The van der Waals surface area contributed by atoms with Gasteiger partial charge in [-0.2, -0.15) is 0 Å². The Balaban J connectivity index is 2.03. The number of pyridine rings is 2. The molecule has 3 aromatic rings. The minimum absolute atomic E-state index is 0.0466. The molecule has 0 saturated heterocycles. The van der Waals surface area contributed by atoms with Crippen LogP contribution in [0, 0.1) is 0 Å². The number of aromatic nitrogens is 2. The lowest BCUT2D eigenvalue weighted by Crippen LogP contribution is -2.05. The van der Waals surface area contributed by atoms with Crippen molar-refractivity contribution in [2.45, 2.75) is 6.54 Å². The van der Waals surface area contributed by atoms with E-state index in [9.17, 15) is 4.79 Å². The van der Waals surface area contributed by atoms with E-state index >= 15 is 0 Å². The van der Waals surface area contributed by atoms with Crippen LogP contribution in [0.1, 0.15) is 21.6 Å². The van der Waals surface area contributed by atoms with Crippen molar-refractivity contribution in [2.24, 2.45) is 5.73 Å². The predicted octanol–water partition coefficient (Wildman–Crippen LogP) is 2.32. The van der Waals surface area contributed by atoms with E-state index in [1.54, 1.807) is 30.6 Å². The molecule has 4 heteroatoms. The number of hydrogen-bond acceptors (Lipinski definition) is 4. The molecule has 0 aliphatic rings. The zero-order valence-corrected chi connectivity index (χ0v) is 10.8. The molecule has 0 unspecified atom stereocenters. The topological polar surface area (TPSA) is 68.9 Å². The smallest absolute Gasteiger partial charge is 0.193 e. The summed E-state index contributed by atoms with van der Waals surface area (Å²) >= 11 is 0. The quantitative estimate of drug-likeness (QED) is 0.736. The van der Waals surface area contributed by atoms with E-state index in [0.717, 1.165) is 10.9 Å². The van der Waals surface area contributed by atoms with Crippen LogP contribution in [0.4, 0.5) is 0 Å². The number of nitrogens with zero attached hydrogens (tertiary/aromatic N) is 2. The van der Waals surface area contributed by atoms with E-state index in [2.05, 4.69) is 9.97 Å². The lowest BCUT2D eigenvalue weighted by Gasteiger charge is -2.04. The number of benzene rings is 1. The molecule has 3 rings (SSSR count). The van der Waals surface area contributed by atoms with E-state index in [1.807, 2.05) is 24.3 Å². The van der Waals surface area contributed by atoms with Gasteiger partial charge in [0.25, 0.3) is 0 Å². The third kappa shape index (κ3) is 2.29. The van der Waals surface area contributed by atoms with E-state index in [0.29, 0.717) is 23.4 Å². The fourth-order valence-corrected chi connectivity index (χ4v) is 2.11. The van der Waals surface area contributed by atoms with Crippen molar-refractivity contribution in [2.75, 3.05) is 0 Å². The Labute approximate surface area is 116 Å². The second kappa shape index (κ2) is 5.19. The predicted molar refractivity (Wildman–Crippen MR) is 77.3 cm³/mol. The summed E-state index contributed by atoms with van der Waals surface area (Å²) in [5.74, 6) is -0.0466. The van der Waals surface area contributed by atoms with E-state index in [-0.39, 0.29) is 5.78 Å². The van der Waals surface area contributed by atoms with Crippen LogP contribution in [0.2, 0.25) is 0 Å². The van der Waals surface area contributed by atoms with Gasteiger partial charge in [0.1, 0.15) is 0 Å². The number of carbonyl (C=O) groups excluding carboxylic acids is 1. The monoisotopic (exact) mass is 263 g/mol. The Morgan fingerprint density at radius 3 is 2.70 bits per heavy atom. The van der Waals surface area contributed by atoms with Crippen LogP contribution in [0.5, 0.6) is 0 Å². The molecule has 1 aromatic carbocycles. The molecule has 4 nitrogen and oxygen atoms in total. The molecule has 0 fully saturated rings. The molecular weight excluding hydrogens is 250 g/mol. The molecule has 0 spiro atoms. The third-order valence-electron chi connectivity index (χ3n) is 3.16. The van der Waals surface area contributed by atoms with Crippen LogP contribution < -0.4 is 5.73 Å². The van der Waals surface area contributed by atoms with Crippen LogP contribution >= 0.6 is 0 Å². The summed E-state index contributed by atoms with van der Waals surface area (Å²) in [5, 5.41) is 1.02. The van der Waals surface area contributed by atoms with Crippen molar-refractivity contribution in [1.82, 2.24) is 9.97 Å². The SMILES string of the molecule is NCc1cc(C(=O)c2ccc3cccnc3c2)ccn1. The molecule has 0 amide bonds. The Kier molecular flexibility index (Phi) is 3.23. The molecule has 20 heavy (non-hydrogen) atoms. The largest absolute Gasteiger partial charge is 0.325 e. The average Bonchev–Trinajstić information content (AvgIpc) is 2.53. The molecule has 2 heterocycles. The van der Waals surface area contributed by atoms with Crippen molar-refractivity contribution >= 4 is 16.7 Å². The number of fused-ring (bicyclic) bond motifs is 1. The number of ketones is 1. The molecular formula is C16H13N3O. The van der Waals surface area contributed by atoms with Crippen LogP contribution in [0.25, 0.3) is 10.9 Å². The number of hydrogen-bond donors (Lipinski definition) is 1. The highest BCUT2D eigenvalue weighted by atomic mass is 16.1. The van der Waals surface area contributed by atoms with Crippen molar-refractivity contribution in [3.63, 3.8) is 0 Å². The fourth-order valence-electron chi connectivity index (χ4n) is 2.11. The normalized spacial score (nSPS) is 10.7. The first-order valence-corrected chi connectivity index (χ1v) is 6.32. The van der Waals surface area contributed by atoms with Gasteiger partial charge in [0, 0.05) is 35.5 Å². The van der Waals surface area contributed by atoms with Crippen molar-refractivity contribution in [3.8, 4) is 0 Å². The Morgan fingerprint density at radius 1 is 1.00 bits per heavy atom. The lowest BCUT2D eigenvalue weighted by molar-refractivity contribution is 0.103. The number of rotatable bonds is 3. The van der Waals surface area contributed by atoms with Gasteiger partial charge in [0.05, 0.1) is 11.2 Å². The van der Waals surface area contributed by atoms with Crippen molar-refractivity contribution in [1.29, 1.82) is 0 Å². The third-order valence-corrected chi connectivity index (χ3v) is 3.16. The highest BCUT2D eigenvalue weighted by Gasteiger charge is 2.10. The molecule has 98 valence electrons. The highest BCUT2D eigenvalue weighted by Crippen LogP contribution is 2.16. The molecule has 2 aromatic heterocycles. The number of nitrogens with two attached hydrogens (primary N) is 1. The van der Waals surface area contributed by atoms with Gasteiger partial charge in [-0.3, -0.25) is 14.8 Å². The molecule has 0 aliphatic carbocycles. The van der Waals surface area contributed by atoms with Gasteiger partial charge in [0.2, 0.25) is 0 Å². The Morgan fingerprint density at radius 2 is 1.85 bits per heavy atom. The fraction of sp³-hybridized carbons (Fsp3) is 0.0625. The Hall–Kier alpha value is -2.59. The first-order valence-electron chi connectivity index (χ1n) is 6.32. The summed E-state index contributed by atoms with van der Waals surface area (Å²) in [5.41, 5.74) is 8.27. The second-order valence-electron chi connectivity index (χ2n) is 4.48. The molecule has 0 radical (unpaired) electrons. The van der Waals surface area contributed by atoms with Gasteiger partial charge in [-0.05, 0) is 24.3 Å². The van der Waals surface area contributed by atoms with Crippen molar-refractivity contribution < 1.29 is 4.79 Å². The molecule has 0 saturated carbocycles. The average molecular weight is 263 g/mol. The van der Waals surface area contributed by atoms with Crippen molar-refractivity contribution in [3.05, 3.63) is 71.7 Å². The Bertz CT molecular complexity index is 783. The van der Waals surface area contributed by atoms with Crippen LogP contribution in [-0.4, -0.2) is 15.8 Å². The van der Waals surface area contributed by atoms with Gasteiger partial charge in [-0.15, -0.1) is 0 Å². The second-order valence-corrected chi connectivity index (χ2v) is 4.48. The lowest BCUT2D eigenvalue weighted by atomic mass is 10.0. The molecule has 0 bridgehead atoms. The molecule has 2 N–H and O–H groups in total. The van der Waals surface area contributed by atoms with E-state index in [4.69, 9.17) is 5.73 Å². The standard InChI is InChI=1S/C16H13N3O/c17-10-14-8-13(5-7-18-14)16(20)12-4-3-11-2-1-6-19-15(11)9-12/h1-9H,10,17H2. The first kappa shape index (κ1) is 12.4. The minimum Gasteiger partial charge on any atom is -0.325 e. The zero-order valence-electron chi connectivity index (χ0n) is 10.8. The first-order chi connectivity index (χ1) is 9.78. The van der Waals surface area contributed by atoms with Gasteiger partial charge in [-0.1, -0.05) is 18.2 Å². The summed E-state index contributed by atoms with van der Waals surface area (Å²) in [4.78, 5) is 20.8. The van der Waals surface area contributed by atoms with Gasteiger partial charge in [0.15, 0.2) is 5.78 Å². The maximum atomic E-state index is 12.5. The summed E-state index contributed by atoms with van der Waals surface area (Å²) in [7, 11) is 0. The van der Waals surface area contributed by atoms with Gasteiger partial charge in [-0.25, -0.2) is 0 Å². The van der Waals surface area contributed by atoms with E-state index < -0.39 is 0 Å². The van der Waals surface area contributed by atoms with Crippen LogP contribution in [0.3, 0.4) is 0 Å². The molecule has 0 aliphatic heterocycles. The van der Waals surface area contributed by atoms with Crippen LogP contribution in [-0.2, 0) is 6.54 Å². The number of carbonyl (C=O) groups is 1.